The number of nitrogens with one attached hydrogen (secondary N) is 1. The number of hydrogen-bond donors (Lipinski definition) is 1. The number of nitrogens with zero attached hydrogens (tertiary/aromatic N) is 4. The molecule has 1 N–H and O–H groups in total. The highest BCUT2D eigenvalue weighted by Gasteiger charge is 2.27. The molecule has 1 aliphatic heterocycles. The fourth-order valence-corrected chi connectivity index (χ4v) is 3.71. The molecule has 6 nitrogen and oxygen atoms in total. The molecule has 1 unspecified atom stereocenters. The fourth-order valence-electron chi connectivity index (χ4n) is 3.71. The minimum absolute atomic E-state index is 0.226. The maximum Gasteiger partial charge on any atom is 0.321 e. The largest absolute Gasteiger partial charge is 0.324 e. The van der Waals surface area contributed by atoms with Crippen molar-refractivity contribution in [1.82, 2.24) is 19.7 Å². The van der Waals surface area contributed by atoms with Gasteiger partial charge in [-0.05, 0) is 48.2 Å². The number of rotatable bonds is 4. The van der Waals surface area contributed by atoms with Gasteiger partial charge in [0.1, 0.15) is 24.3 Å². The van der Waals surface area contributed by atoms with E-state index < -0.39 is 11.6 Å². The summed E-state index contributed by atoms with van der Waals surface area (Å²) in [6.07, 6.45) is 4.52. The van der Waals surface area contributed by atoms with Crippen LogP contribution < -0.4 is 5.32 Å². The second kappa shape index (κ2) is 8.38. The number of piperidine rings is 1. The molecule has 150 valence electrons. The van der Waals surface area contributed by atoms with Crippen molar-refractivity contribution in [3.63, 3.8) is 0 Å². The van der Waals surface area contributed by atoms with Gasteiger partial charge in [-0.2, -0.15) is 5.10 Å². The van der Waals surface area contributed by atoms with Crippen LogP contribution in [0.15, 0.2) is 55.1 Å². The van der Waals surface area contributed by atoms with Crippen molar-refractivity contribution < 1.29 is 13.6 Å². The number of likely N-dealkylation sites (tertiary alicyclic amines) is 1. The summed E-state index contributed by atoms with van der Waals surface area (Å²) in [6, 6.07) is 10.7. The summed E-state index contributed by atoms with van der Waals surface area (Å²) in [7, 11) is 0. The van der Waals surface area contributed by atoms with Gasteiger partial charge in [-0.15, -0.1) is 0 Å². The lowest BCUT2D eigenvalue weighted by Gasteiger charge is -2.33. The minimum atomic E-state index is -0.468. The third kappa shape index (κ3) is 4.42. The number of urea groups is 1. The minimum Gasteiger partial charge on any atom is -0.324 e. The third-order valence-corrected chi connectivity index (χ3v) is 5.16. The van der Waals surface area contributed by atoms with Gasteiger partial charge in [-0.3, -0.25) is 0 Å². The molecule has 1 fully saturated rings. The number of anilines is 1. The first-order valence-electron chi connectivity index (χ1n) is 9.51. The highest BCUT2D eigenvalue weighted by molar-refractivity contribution is 5.90. The Hall–Kier alpha value is -3.29. The van der Waals surface area contributed by atoms with Gasteiger partial charge in [0.25, 0.3) is 0 Å². The van der Waals surface area contributed by atoms with Crippen molar-refractivity contribution in [2.45, 2.75) is 25.3 Å². The van der Waals surface area contributed by atoms with Crippen molar-refractivity contribution in [2.24, 2.45) is 0 Å². The van der Waals surface area contributed by atoms with Crippen molar-refractivity contribution >= 4 is 11.7 Å². The second-order valence-electron chi connectivity index (χ2n) is 7.13. The van der Waals surface area contributed by atoms with E-state index in [1.807, 2.05) is 24.3 Å². The highest BCUT2D eigenvalue weighted by Crippen LogP contribution is 2.30. The van der Waals surface area contributed by atoms with Gasteiger partial charge in [0.05, 0.1) is 6.54 Å². The zero-order valence-electron chi connectivity index (χ0n) is 15.8. The summed E-state index contributed by atoms with van der Waals surface area (Å²) in [4.78, 5) is 18.5. The number of carbonyl (C=O) groups excluding carboxylic acids is 1. The quantitative estimate of drug-likeness (QED) is 0.723. The van der Waals surface area contributed by atoms with Crippen LogP contribution in [0.2, 0.25) is 0 Å². The molecular weight excluding hydrogens is 376 g/mol. The topological polar surface area (TPSA) is 63.1 Å². The van der Waals surface area contributed by atoms with E-state index in [-0.39, 0.29) is 11.9 Å². The van der Waals surface area contributed by atoms with E-state index >= 15 is 0 Å². The van der Waals surface area contributed by atoms with Crippen molar-refractivity contribution in [1.29, 1.82) is 0 Å². The lowest BCUT2D eigenvalue weighted by atomic mass is 9.90. The van der Waals surface area contributed by atoms with Gasteiger partial charge < -0.3 is 10.2 Å². The Morgan fingerprint density at radius 3 is 2.90 bits per heavy atom. The molecule has 0 radical (unpaired) electrons. The molecular formula is C21H21F2N5O. The monoisotopic (exact) mass is 397 g/mol. The zero-order valence-corrected chi connectivity index (χ0v) is 15.8. The van der Waals surface area contributed by atoms with E-state index in [1.165, 1.54) is 12.4 Å². The second-order valence-corrected chi connectivity index (χ2v) is 7.13. The van der Waals surface area contributed by atoms with Gasteiger partial charge in [0, 0.05) is 24.7 Å². The Morgan fingerprint density at radius 1 is 1.21 bits per heavy atom. The number of benzene rings is 2. The molecule has 2 amide bonds. The van der Waals surface area contributed by atoms with Gasteiger partial charge in [-0.25, -0.2) is 23.2 Å². The normalized spacial score (nSPS) is 16.6. The fraction of sp³-hybridized carbons (Fsp3) is 0.286. The van der Waals surface area contributed by atoms with E-state index in [0.717, 1.165) is 24.1 Å². The molecule has 1 saturated heterocycles. The van der Waals surface area contributed by atoms with E-state index in [4.69, 9.17) is 0 Å². The van der Waals surface area contributed by atoms with Gasteiger partial charge in [0.15, 0.2) is 0 Å². The standard InChI is InChI=1S/C21H21F2N5O/c22-17-7-8-19(23)18(10-17)15-5-3-9-27(11-15)21(29)26-20-6-2-1-4-16(20)12-28-14-24-13-25-28/h1-2,4,6-8,10,13-15H,3,5,9,11-12H2,(H,26,29). The van der Waals surface area contributed by atoms with Crippen LogP contribution in [0.1, 0.15) is 29.9 Å². The van der Waals surface area contributed by atoms with Crippen LogP contribution in [0, 0.1) is 11.6 Å². The number of carbonyl (C=O) groups is 1. The predicted molar refractivity (Wildman–Crippen MR) is 104 cm³/mol. The molecule has 0 saturated carbocycles. The van der Waals surface area contributed by atoms with E-state index in [0.29, 0.717) is 37.3 Å². The smallest absolute Gasteiger partial charge is 0.321 e. The molecule has 2 aromatic carbocycles. The van der Waals surface area contributed by atoms with Crippen molar-refractivity contribution in [2.75, 3.05) is 18.4 Å². The molecule has 0 aliphatic carbocycles. The first kappa shape index (κ1) is 19.0. The molecule has 1 aromatic heterocycles. The van der Waals surface area contributed by atoms with Crippen LogP contribution in [0.4, 0.5) is 19.3 Å². The molecule has 0 spiro atoms. The van der Waals surface area contributed by atoms with Crippen LogP contribution in [-0.2, 0) is 6.54 Å². The first-order valence-corrected chi connectivity index (χ1v) is 9.51. The Bertz CT molecular complexity index is 992. The molecule has 8 heteroatoms. The van der Waals surface area contributed by atoms with E-state index in [9.17, 15) is 13.6 Å². The third-order valence-electron chi connectivity index (χ3n) is 5.16. The average Bonchev–Trinajstić information content (AvgIpc) is 3.24. The summed E-state index contributed by atoms with van der Waals surface area (Å²) >= 11 is 0. The number of halogens is 2. The number of amides is 2. The Kier molecular flexibility index (Phi) is 5.50. The summed E-state index contributed by atoms with van der Waals surface area (Å²) in [5.74, 6) is -1.13. The molecule has 1 aliphatic rings. The van der Waals surface area contributed by atoms with Crippen molar-refractivity contribution in [3.8, 4) is 0 Å². The molecule has 1 atom stereocenters. The first-order chi connectivity index (χ1) is 14.1. The molecule has 3 aromatic rings. The van der Waals surface area contributed by atoms with Crippen LogP contribution in [0.25, 0.3) is 0 Å². The van der Waals surface area contributed by atoms with Gasteiger partial charge in [-0.1, -0.05) is 18.2 Å². The summed E-state index contributed by atoms with van der Waals surface area (Å²) in [5, 5.41) is 7.05. The lowest BCUT2D eigenvalue weighted by molar-refractivity contribution is 0.192. The van der Waals surface area contributed by atoms with E-state index in [2.05, 4.69) is 15.4 Å². The Balaban J connectivity index is 1.47. The predicted octanol–water partition coefficient (Wildman–Crippen LogP) is 4.02. The maximum atomic E-state index is 14.2. The Morgan fingerprint density at radius 2 is 2.07 bits per heavy atom. The highest BCUT2D eigenvalue weighted by atomic mass is 19.1. The van der Waals surface area contributed by atoms with Gasteiger partial charge in [0.2, 0.25) is 0 Å². The molecule has 0 bridgehead atoms. The number of para-hydroxylation sites is 1. The van der Waals surface area contributed by atoms with Crippen LogP contribution in [-0.4, -0.2) is 38.8 Å². The van der Waals surface area contributed by atoms with Crippen LogP contribution >= 0.6 is 0 Å². The molecule has 4 rings (SSSR count). The number of aromatic nitrogens is 3. The SMILES string of the molecule is O=C(Nc1ccccc1Cn1cncn1)N1CCCC(c2cc(F)ccc2F)C1. The van der Waals surface area contributed by atoms with Crippen molar-refractivity contribution in [3.05, 3.63) is 77.9 Å². The average molecular weight is 397 g/mol. The number of hydrogen-bond acceptors (Lipinski definition) is 3. The van der Waals surface area contributed by atoms with E-state index in [1.54, 1.807) is 15.9 Å². The summed E-state index contributed by atoms with van der Waals surface area (Å²) in [5.41, 5.74) is 1.91. The van der Waals surface area contributed by atoms with Crippen LogP contribution in [0.5, 0.6) is 0 Å². The molecule has 29 heavy (non-hydrogen) atoms. The lowest BCUT2D eigenvalue weighted by Crippen LogP contribution is -2.42. The zero-order chi connectivity index (χ0) is 20.2. The maximum absolute atomic E-state index is 14.2. The summed E-state index contributed by atoms with van der Waals surface area (Å²) < 4.78 is 29.4. The van der Waals surface area contributed by atoms with Gasteiger partial charge >= 0.3 is 6.03 Å². The molecule has 2 heterocycles. The summed E-state index contributed by atoms with van der Waals surface area (Å²) in [6.45, 7) is 1.40. The van der Waals surface area contributed by atoms with Crippen LogP contribution in [0.3, 0.4) is 0 Å². The Labute approximate surface area is 167 Å².